The number of rotatable bonds is 6. The van der Waals surface area contributed by atoms with Gasteiger partial charge >= 0.3 is 11.9 Å². The van der Waals surface area contributed by atoms with Crippen molar-refractivity contribution < 1.29 is 24.2 Å². The SMILES string of the molecule is CCOC(=O)C(CC)Oc1c(Br)cccc1C(=O)O. The third kappa shape index (κ3) is 3.96. The van der Waals surface area contributed by atoms with Crippen LogP contribution in [0.1, 0.15) is 30.6 Å². The van der Waals surface area contributed by atoms with Crippen molar-refractivity contribution in [1.82, 2.24) is 0 Å². The Bertz CT molecular complexity index is 472. The number of hydrogen-bond donors (Lipinski definition) is 1. The third-order valence-electron chi connectivity index (χ3n) is 2.38. The van der Waals surface area contributed by atoms with Crippen molar-refractivity contribution in [2.45, 2.75) is 26.4 Å². The van der Waals surface area contributed by atoms with Gasteiger partial charge in [0.05, 0.1) is 11.1 Å². The number of esters is 1. The second-order valence-corrected chi connectivity index (χ2v) is 4.54. The van der Waals surface area contributed by atoms with Crippen LogP contribution in [0.3, 0.4) is 0 Å². The second kappa shape index (κ2) is 7.13. The molecule has 0 amide bonds. The molecule has 0 aliphatic carbocycles. The van der Waals surface area contributed by atoms with E-state index in [1.54, 1.807) is 26.0 Å². The summed E-state index contributed by atoms with van der Waals surface area (Å²) in [7, 11) is 0. The Morgan fingerprint density at radius 2 is 2.05 bits per heavy atom. The van der Waals surface area contributed by atoms with Gasteiger partial charge < -0.3 is 14.6 Å². The van der Waals surface area contributed by atoms with E-state index in [0.29, 0.717) is 10.9 Å². The first-order valence-corrected chi connectivity index (χ1v) is 6.65. The van der Waals surface area contributed by atoms with Crippen LogP contribution in [0.25, 0.3) is 0 Å². The van der Waals surface area contributed by atoms with Gasteiger partial charge in [-0.05, 0) is 41.4 Å². The van der Waals surface area contributed by atoms with E-state index in [1.807, 2.05) is 0 Å². The fourth-order valence-corrected chi connectivity index (χ4v) is 1.93. The van der Waals surface area contributed by atoms with Crippen LogP contribution in [0, 0.1) is 0 Å². The Labute approximate surface area is 119 Å². The Kier molecular flexibility index (Phi) is 5.82. The van der Waals surface area contributed by atoms with E-state index in [4.69, 9.17) is 14.6 Å². The molecule has 1 aromatic carbocycles. The van der Waals surface area contributed by atoms with Crippen LogP contribution in [0.15, 0.2) is 22.7 Å². The summed E-state index contributed by atoms with van der Waals surface area (Å²) < 4.78 is 10.9. The number of carbonyl (C=O) groups excluding carboxylic acids is 1. The van der Waals surface area contributed by atoms with Gasteiger partial charge in [0.1, 0.15) is 11.3 Å². The normalized spacial score (nSPS) is 11.7. The minimum absolute atomic E-state index is 0.00266. The number of halogens is 1. The van der Waals surface area contributed by atoms with Crippen LogP contribution in [0.4, 0.5) is 0 Å². The van der Waals surface area contributed by atoms with Crippen molar-refractivity contribution in [3.8, 4) is 5.75 Å². The Balaban J connectivity index is 3.03. The number of hydrogen-bond acceptors (Lipinski definition) is 4. The molecule has 1 unspecified atom stereocenters. The zero-order valence-electron chi connectivity index (χ0n) is 10.7. The molecule has 0 aliphatic heterocycles. The van der Waals surface area contributed by atoms with E-state index in [-0.39, 0.29) is 17.9 Å². The molecule has 0 saturated heterocycles. The van der Waals surface area contributed by atoms with Gasteiger partial charge in [-0.1, -0.05) is 13.0 Å². The highest BCUT2D eigenvalue weighted by molar-refractivity contribution is 9.10. The molecule has 0 aliphatic rings. The maximum atomic E-state index is 11.7. The van der Waals surface area contributed by atoms with E-state index in [9.17, 15) is 9.59 Å². The lowest BCUT2D eigenvalue weighted by atomic mass is 10.2. The molecule has 1 N–H and O–H groups in total. The lowest BCUT2D eigenvalue weighted by molar-refractivity contribution is -0.151. The summed E-state index contributed by atoms with van der Waals surface area (Å²) in [5.41, 5.74) is -0.00266. The van der Waals surface area contributed by atoms with Crippen molar-refractivity contribution in [2.24, 2.45) is 0 Å². The molecule has 104 valence electrons. The van der Waals surface area contributed by atoms with Crippen molar-refractivity contribution in [3.63, 3.8) is 0 Å². The van der Waals surface area contributed by atoms with Gasteiger partial charge in [-0.25, -0.2) is 9.59 Å². The van der Waals surface area contributed by atoms with Crippen LogP contribution in [0.5, 0.6) is 5.75 Å². The largest absolute Gasteiger partial charge is 0.478 e. The molecule has 0 saturated carbocycles. The monoisotopic (exact) mass is 330 g/mol. The molecule has 0 radical (unpaired) electrons. The van der Waals surface area contributed by atoms with Crippen LogP contribution in [-0.2, 0) is 9.53 Å². The maximum Gasteiger partial charge on any atom is 0.347 e. The van der Waals surface area contributed by atoms with Gasteiger partial charge in [-0.3, -0.25) is 0 Å². The predicted molar refractivity (Wildman–Crippen MR) is 72.4 cm³/mol. The van der Waals surface area contributed by atoms with Crippen molar-refractivity contribution in [3.05, 3.63) is 28.2 Å². The number of carboxylic acids is 1. The first-order valence-electron chi connectivity index (χ1n) is 5.86. The minimum Gasteiger partial charge on any atom is -0.478 e. The molecule has 5 nitrogen and oxygen atoms in total. The first kappa shape index (κ1) is 15.5. The Morgan fingerprint density at radius 3 is 2.58 bits per heavy atom. The molecule has 1 rings (SSSR count). The molecular weight excluding hydrogens is 316 g/mol. The highest BCUT2D eigenvalue weighted by atomic mass is 79.9. The number of para-hydroxylation sites is 1. The van der Waals surface area contributed by atoms with Crippen molar-refractivity contribution in [1.29, 1.82) is 0 Å². The van der Waals surface area contributed by atoms with Crippen LogP contribution in [-0.4, -0.2) is 29.8 Å². The summed E-state index contributed by atoms with van der Waals surface area (Å²) in [6.07, 6.45) is -0.434. The molecule has 1 aromatic rings. The fraction of sp³-hybridized carbons (Fsp3) is 0.385. The molecule has 0 heterocycles. The van der Waals surface area contributed by atoms with Gasteiger partial charge in [0, 0.05) is 0 Å². The molecular formula is C13H15BrO5. The molecule has 6 heteroatoms. The number of carbonyl (C=O) groups is 2. The summed E-state index contributed by atoms with van der Waals surface area (Å²) in [6.45, 7) is 3.71. The van der Waals surface area contributed by atoms with Crippen molar-refractivity contribution in [2.75, 3.05) is 6.61 Å². The van der Waals surface area contributed by atoms with E-state index < -0.39 is 18.0 Å². The van der Waals surface area contributed by atoms with E-state index in [0.717, 1.165) is 0 Å². The van der Waals surface area contributed by atoms with Crippen LogP contribution in [0.2, 0.25) is 0 Å². The summed E-state index contributed by atoms with van der Waals surface area (Å²) in [4.78, 5) is 22.8. The first-order chi connectivity index (χ1) is 9.01. The summed E-state index contributed by atoms with van der Waals surface area (Å²) in [6, 6.07) is 4.66. The standard InChI is InChI=1S/C13H15BrO5/c1-3-10(13(17)18-4-2)19-11-8(12(15)16)6-5-7-9(11)14/h5-7,10H,3-4H2,1-2H3,(H,15,16). The number of aromatic carboxylic acids is 1. The predicted octanol–water partition coefficient (Wildman–Crippen LogP) is 2.87. The molecule has 0 bridgehead atoms. The van der Waals surface area contributed by atoms with Gasteiger partial charge in [-0.2, -0.15) is 0 Å². The highest BCUT2D eigenvalue weighted by Gasteiger charge is 2.23. The average molecular weight is 331 g/mol. The summed E-state index contributed by atoms with van der Waals surface area (Å²) in [5.74, 6) is -1.48. The van der Waals surface area contributed by atoms with Gasteiger partial charge in [0.2, 0.25) is 0 Å². The van der Waals surface area contributed by atoms with Gasteiger partial charge in [0.15, 0.2) is 6.10 Å². The smallest absolute Gasteiger partial charge is 0.347 e. The quantitative estimate of drug-likeness (QED) is 0.812. The number of carboxylic acid groups (broad SMARTS) is 1. The average Bonchev–Trinajstić information content (AvgIpc) is 2.37. The topological polar surface area (TPSA) is 72.8 Å². The minimum atomic E-state index is -1.12. The highest BCUT2D eigenvalue weighted by Crippen LogP contribution is 2.30. The lowest BCUT2D eigenvalue weighted by Gasteiger charge is -2.18. The van der Waals surface area contributed by atoms with Crippen LogP contribution < -0.4 is 4.74 Å². The molecule has 1 atom stereocenters. The van der Waals surface area contributed by atoms with Gasteiger partial charge in [0.25, 0.3) is 0 Å². The van der Waals surface area contributed by atoms with E-state index >= 15 is 0 Å². The van der Waals surface area contributed by atoms with E-state index in [2.05, 4.69) is 15.9 Å². The van der Waals surface area contributed by atoms with Gasteiger partial charge in [-0.15, -0.1) is 0 Å². The molecule has 0 spiro atoms. The lowest BCUT2D eigenvalue weighted by Crippen LogP contribution is -2.29. The summed E-state index contributed by atoms with van der Waals surface area (Å²) in [5, 5.41) is 9.10. The second-order valence-electron chi connectivity index (χ2n) is 3.69. The number of benzene rings is 1. The molecule has 0 fully saturated rings. The third-order valence-corrected chi connectivity index (χ3v) is 3.00. The summed E-state index contributed by atoms with van der Waals surface area (Å²) >= 11 is 3.22. The van der Waals surface area contributed by atoms with Crippen molar-refractivity contribution >= 4 is 27.9 Å². The zero-order chi connectivity index (χ0) is 14.4. The Morgan fingerprint density at radius 1 is 1.37 bits per heavy atom. The Hall–Kier alpha value is -1.56. The van der Waals surface area contributed by atoms with E-state index in [1.165, 1.54) is 6.07 Å². The molecule has 19 heavy (non-hydrogen) atoms. The number of ether oxygens (including phenoxy) is 2. The van der Waals surface area contributed by atoms with Crippen LogP contribution >= 0.6 is 15.9 Å². The molecule has 0 aromatic heterocycles. The zero-order valence-corrected chi connectivity index (χ0v) is 12.3. The maximum absolute atomic E-state index is 11.7. The fourth-order valence-electron chi connectivity index (χ4n) is 1.47.